The topological polar surface area (TPSA) is 47.1 Å². The fraction of sp³-hybridized carbons (Fsp3) is 0.400. The molecule has 3 rings (SSSR count). The van der Waals surface area contributed by atoms with Gasteiger partial charge in [-0.05, 0) is 30.0 Å². The first-order valence-corrected chi connectivity index (χ1v) is 6.87. The molecule has 0 saturated carbocycles. The van der Waals surface area contributed by atoms with Crippen molar-refractivity contribution in [1.82, 2.24) is 14.5 Å². The highest BCUT2D eigenvalue weighted by Crippen LogP contribution is 2.24. The van der Waals surface area contributed by atoms with Gasteiger partial charge in [0.15, 0.2) is 0 Å². The lowest BCUT2D eigenvalue weighted by molar-refractivity contribution is 0.247. The van der Waals surface area contributed by atoms with Gasteiger partial charge in [0.05, 0.1) is 6.33 Å². The number of aryl methyl sites for hydroxylation is 1. The zero-order valence-corrected chi connectivity index (χ0v) is 11.1. The van der Waals surface area contributed by atoms with Gasteiger partial charge >= 0.3 is 0 Å². The van der Waals surface area contributed by atoms with Crippen molar-refractivity contribution in [3.63, 3.8) is 0 Å². The van der Waals surface area contributed by atoms with Crippen molar-refractivity contribution in [3.8, 4) is 0 Å². The average molecular weight is 256 g/mol. The maximum atomic E-state index is 6.07. The molecule has 2 heterocycles. The van der Waals surface area contributed by atoms with Crippen LogP contribution in [0.4, 0.5) is 5.69 Å². The maximum absolute atomic E-state index is 6.07. The number of rotatable bonds is 4. The molecular weight excluding hydrogens is 236 g/mol. The van der Waals surface area contributed by atoms with Crippen LogP contribution in [0.3, 0.4) is 0 Å². The molecule has 0 spiro atoms. The number of fused-ring (bicyclic) bond motifs is 1. The summed E-state index contributed by atoms with van der Waals surface area (Å²) in [5.41, 5.74) is 9.76. The number of imidazole rings is 1. The Hall–Kier alpha value is -1.81. The number of anilines is 1. The molecule has 1 aliphatic rings. The molecule has 1 aliphatic heterocycles. The molecule has 4 nitrogen and oxygen atoms in total. The number of benzene rings is 1. The van der Waals surface area contributed by atoms with Gasteiger partial charge in [-0.3, -0.25) is 4.90 Å². The fourth-order valence-corrected chi connectivity index (χ4v) is 2.75. The highest BCUT2D eigenvalue weighted by Gasteiger charge is 2.17. The minimum Gasteiger partial charge on any atom is -0.398 e. The second-order valence-corrected chi connectivity index (χ2v) is 5.17. The quantitative estimate of drug-likeness (QED) is 0.850. The van der Waals surface area contributed by atoms with Crippen molar-refractivity contribution in [3.05, 3.63) is 48.0 Å². The number of nitrogens with zero attached hydrogens (tertiary/aromatic N) is 3. The van der Waals surface area contributed by atoms with Crippen molar-refractivity contribution in [2.24, 2.45) is 0 Å². The molecule has 1 aromatic heterocycles. The summed E-state index contributed by atoms with van der Waals surface area (Å²) in [5, 5.41) is 0. The van der Waals surface area contributed by atoms with Crippen LogP contribution in [0.2, 0.25) is 0 Å². The monoisotopic (exact) mass is 256 g/mol. The Morgan fingerprint density at radius 1 is 1.26 bits per heavy atom. The third kappa shape index (κ3) is 2.79. The van der Waals surface area contributed by atoms with Gasteiger partial charge in [0, 0.05) is 44.3 Å². The van der Waals surface area contributed by atoms with Gasteiger partial charge in [-0.1, -0.05) is 12.1 Å². The summed E-state index contributed by atoms with van der Waals surface area (Å²) in [5.74, 6) is 0. The molecule has 0 aliphatic carbocycles. The Morgan fingerprint density at radius 3 is 3.05 bits per heavy atom. The van der Waals surface area contributed by atoms with Gasteiger partial charge in [0.25, 0.3) is 0 Å². The first kappa shape index (κ1) is 12.2. The van der Waals surface area contributed by atoms with Crippen molar-refractivity contribution in [1.29, 1.82) is 0 Å². The number of aromatic nitrogens is 2. The summed E-state index contributed by atoms with van der Waals surface area (Å²) in [6.07, 6.45) is 7.99. The van der Waals surface area contributed by atoms with E-state index in [0.717, 1.165) is 44.7 Å². The second-order valence-electron chi connectivity index (χ2n) is 5.17. The predicted octanol–water partition coefficient (Wildman–Crippen LogP) is 1.91. The predicted molar refractivity (Wildman–Crippen MR) is 76.7 cm³/mol. The summed E-state index contributed by atoms with van der Waals surface area (Å²) >= 11 is 0. The molecule has 0 bridgehead atoms. The van der Waals surface area contributed by atoms with Gasteiger partial charge in [0.2, 0.25) is 0 Å². The number of nitrogens with two attached hydrogens (primary N) is 1. The zero-order chi connectivity index (χ0) is 13.1. The summed E-state index contributed by atoms with van der Waals surface area (Å²) < 4.78 is 2.13. The van der Waals surface area contributed by atoms with Crippen LogP contribution in [0.15, 0.2) is 36.9 Å². The minimum atomic E-state index is 0.941. The second kappa shape index (κ2) is 5.45. The van der Waals surface area contributed by atoms with Crippen LogP contribution in [0.25, 0.3) is 0 Å². The highest BCUT2D eigenvalue weighted by atomic mass is 15.1. The number of hydrogen-bond acceptors (Lipinski definition) is 3. The molecular formula is C15H20N4. The summed E-state index contributed by atoms with van der Waals surface area (Å²) in [7, 11) is 0. The largest absolute Gasteiger partial charge is 0.398 e. The van der Waals surface area contributed by atoms with Gasteiger partial charge < -0.3 is 10.3 Å². The standard InChI is InChI=1S/C15H20N4/c16-15-4-1-3-13-5-9-18(11-14(13)15)7-2-8-19-10-6-17-12-19/h1,3-4,6,10,12H,2,5,7-9,11,16H2. The number of nitrogen functional groups attached to an aromatic ring is 1. The third-order valence-electron chi connectivity index (χ3n) is 3.84. The third-order valence-corrected chi connectivity index (χ3v) is 3.84. The Morgan fingerprint density at radius 2 is 2.21 bits per heavy atom. The van der Waals surface area contributed by atoms with E-state index >= 15 is 0 Å². The normalized spacial score (nSPS) is 15.4. The molecule has 4 heteroatoms. The van der Waals surface area contributed by atoms with E-state index < -0.39 is 0 Å². The average Bonchev–Trinajstić information content (AvgIpc) is 2.93. The Bertz CT molecular complexity index is 533. The smallest absolute Gasteiger partial charge is 0.0945 e. The molecule has 1 aromatic carbocycles. The molecule has 0 radical (unpaired) electrons. The fourth-order valence-electron chi connectivity index (χ4n) is 2.75. The molecule has 0 amide bonds. The number of hydrogen-bond donors (Lipinski definition) is 1. The molecule has 0 unspecified atom stereocenters. The zero-order valence-electron chi connectivity index (χ0n) is 11.1. The Balaban J connectivity index is 1.55. The van der Waals surface area contributed by atoms with E-state index in [0.29, 0.717) is 0 Å². The van der Waals surface area contributed by atoms with Crippen molar-refractivity contribution in [2.75, 3.05) is 18.8 Å². The van der Waals surface area contributed by atoms with Gasteiger partial charge in [-0.15, -0.1) is 0 Å². The van der Waals surface area contributed by atoms with Crippen LogP contribution in [-0.4, -0.2) is 27.5 Å². The van der Waals surface area contributed by atoms with Crippen LogP contribution in [0.1, 0.15) is 17.5 Å². The Labute approximate surface area is 113 Å². The van der Waals surface area contributed by atoms with E-state index in [1.54, 1.807) is 0 Å². The van der Waals surface area contributed by atoms with E-state index in [2.05, 4.69) is 26.6 Å². The molecule has 2 aromatic rings. The van der Waals surface area contributed by atoms with Gasteiger partial charge in [-0.2, -0.15) is 0 Å². The van der Waals surface area contributed by atoms with Crippen LogP contribution < -0.4 is 5.73 Å². The van der Waals surface area contributed by atoms with Crippen molar-refractivity contribution < 1.29 is 0 Å². The van der Waals surface area contributed by atoms with E-state index in [-0.39, 0.29) is 0 Å². The van der Waals surface area contributed by atoms with Crippen molar-refractivity contribution >= 4 is 5.69 Å². The van der Waals surface area contributed by atoms with Crippen LogP contribution >= 0.6 is 0 Å². The maximum Gasteiger partial charge on any atom is 0.0945 e. The molecule has 0 fully saturated rings. The SMILES string of the molecule is Nc1cccc2c1CN(CCCn1ccnc1)CC2. The lowest BCUT2D eigenvalue weighted by Gasteiger charge is -2.29. The summed E-state index contributed by atoms with van der Waals surface area (Å²) in [6.45, 7) is 4.28. The Kier molecular flexibility index (Phi) is 3.51. The first-order valence-electron chi connectivity index (χ1n) is 6.87. The molecule has 0 atom stereocenters. The van der Waals surface area contributed by atoms with E-state index in [1.807, 2.05) is 24.8 Å². The van der Waals surface area contributed by atoms with E-state index in [1.165, 1.54) is 11.1 Å². The first-order chi connectivity index (χ1) is 9.33. The van der Waals surface area contributed by atoms with E-state index in [9.17, 15) is 0 Å². The van der Waals surface area contributed by atoms with E-state index in [4.69, 9.17) is 5.73 Å². The molecule has 100 valence electrons. The summed E-state index contributed by atoms with van der Waals surface area (Å²) in [4.78, 5) is 6.56. The lowest BCUT2D eigenvalue weighted by Crippen LogP contribution is -2.32. The highest BCUT2D eigenvalue weighted by molar-refractivity contribution is 5.51. The summed E-state index contributed by atoms with van der Waals surface area (Å²) in [6, 6.07) is 6.27. The van der Waals surface area contributed by atoms with Crippen molar-refractivity contribution in [2.45, 2.75) is 25.9 Å². The molecule has 0 saturated heterocycles. The van der Waals surface area contributed by atoms with Crippen LogP contribution in [0.5, 0.6) is 0 Å². The molecule has 2 N–H and O–H groups in total. The van der Waals surface area contributed by atoms with Gasteiger partial charge in [-0.25, -0.2) is 4.98 Å². The van der Waals surface area contributed by atoms with Crippen LogP contribution in [-0.2, 0) is 19.5 Å². The lowest BCUT2D eigenvalue weighted by atomic mass is 9.98. The minimum absolute atomic E-state index is 0.941. The van der Waals surface area contributed by atoms with Gasteiger partial charge in [0.1, 0.15) is 0 Å². The van der Waals surface area contributed by atoms with Crippen LogP contribution in [0, 0.1) is 0 Å². The molecule has 19 heavy (non-hydrogen) atoms.